The van der Waals surface area contributed by atoms with Gasteiger partial charge in [0, 0.05) is 0 Å². The Balaban J connectivity index is 2.15. The fraction of sp³-hybridized carbons (Fsp3) is 0.500. The average molecular weight is 214 g/mol. The van der Waals surface area contributed by atoms with Gasteiger partial charge in [0.15, 0.2) is 0 Å². The lowest BCUT2D eigenvalue weighted by molar-refractivity contribution is 0.589. The molecule has 1 aromatic carbocycles. The summed E-state index contributed by atoms with van der Waals surface area (Å²) in [7, 11) is 0. The zero-order valence-electron chi connectivity index (χ0n) is 9.96. The maximum Gasteiger partial charge on any atom is 0.121 e. The molecule has 2 heteroatoms. The summed E-state index contributed by atoms with van der Waals surface area (Å²) in [5, 5.41) is 12.6. The second-order valence-electron chi connectivity index (χ2n) is 4.72. The van der Waals surface area contributed by atoms with Gasteiger partial charge in [-0.15, -0.1) is 0 Å². The molecule has 2 nitrogen and oxygen atoms in total. The summed E-state index contributed by atoms with van der Waals surface area (Å²) in [5.41, 5.74) is 3.57. The van der Waals surface area contributed by atoms with E-state index in [0.717, 1.165) is 18.0 Å². The Morgan fingerprint density at radius 1 is 1.38 bits per heavy atom. The Morgan fingerprint density at radius 3 is 2.50 bits per heavy atom. The standard InChI is InChI=1S/C14H18N2/c1-10-4-3-5-11(2)14(10)13(8-15)16-9-12-6-7-12/h3-5,12-13,16H,6-7,9H2,1-2H3. The number of nitrogens with one attached hydrogen (secondary N) is 1. The van der Waals surface area contributed by atoms with Crippen LogP contribution in [0.25, 0.3) is 0 Å². The molecule has 1 unspecified atom stereocenters. The molecule has 1 fully saturated rings. The van der Waals surface area contributed by atoms with E-state index in [1.165, 1.54) is 24.0 Å². The van der Waals surface area contributed by atoms with Gasteiger partial charge in [0.2, 0.25) is 0 Å². The lowest BCUT2D eigenvalue weighted by atomic mass is 9.97. The SMILES string of the molecule is Cc1cccc(C)c1C(C#N)NCC1CC1. The lowest BCUT2D eigenvalue weighted by Gasteiger charge is -2.16. The third-order valence-electron chi connectivity index (χ3n) is 3.27. The minimum atomic E-state index is -0.151. The minimum Gasteiger partial charge on any atom is -0.298 e. The first-order valence-electron chi connectivity index (χ1n) is 5.91. The molecule has 0 aromatic heterocycles. The summed E-state index contributed by atoms with van der Waals surface area (Å²) in [6.07, 6.45) is 2.63. The number of nitrogens with zero attached hydrogens (tertiary/aromatic N) is 1. The van der Waals surface area contributed by atoms with Crippen LogP contribution in [-0.4, -0.2) is 6.54 Å². The van der Waals surface area contributed by atoms with Gasteiger partial charge in [-0.2, -0.15) is 5.26 Å². The maximum absolute atomic E-state index is 9.25. The van der Waals surface area contributed by atoms with Gasteiger partial charge in [-0.05, 0) is 55.8 Å². The van der Waals surface area contributed by atoms with Crippen molar-refractivity contribution in [1.82, 2.24) is 5.32 Å². The molecule has 1 aliphatic carbocycles. The van der Waals surface area contributed by atoms with Gasteiger partial charge in [0.25, 0.3) is 0 Å². The van der Waals surface area contributed by atoms with Crippen molar-refractivity contribution in [3.63, 3.8) is 0 Å². The summed E-state index contributed by atoms with van der Waals surface area (Å²) < 4.78 is 0. The van der Waals surface area contributed by atoms with Crippen LogP contribution in [0.4, 0.5) is 0 Å². The highest BCUT2D eigenvalue weighted by Gasteiger charge is 2.23. The Kier molecular flexibility index (Phi) is 3.26. The van der Waals surface area contributed by atoms with Gasteiger partial charge in [-0.3, -0.25) is 5.32 Å². The van der Waals surface area contributed by atoms with Crippen molar-refractivity contribution >= 4 is 0 Å². The van der Waals surface area contributed by atoms with Gasteiger partial charge in [-0.1, -0.05) is 18.2 Å². The van der Waals surface area contributed by atoms with Crippen molar-refractivity contribution in [1.29, 1.82) is 5.26 Å². The Bertz CT molecular complexity index is 393. The van der Waals surface area contributed by atoms with E-state index in [0.29, 0.717) is 0 Å². The van der Waals surface area contributed by atoms with Crippen LogP contribution < -0.4 is 5.32 Å². The van der Waals surface area contributed by atoms with Crippen molar-refractivity contribution in [2.75, 3.05) is 6.54 Å². The molecule has 2 rings (SSSR count). The Morgan fingerprint density at radius 2 is 2.00 bits per heavy atom. The molecule has 0 aliphatic heterocycles. The van der Waals surface area contributed by atoms with Gasteiger partial charge < -0.3 is 0 Å². The predicted molar refractivity (Wildman–Crippen MR) is 65.0 cm³/mol. The van der Waals surface area contributed by atoms with Crippen LogP contribution in [0, 0.1) is 31.1 Å². The second kappa shape index (κ2) is 4.67. The smallest absolute Gasteiger partial charge is 0.121 e. The molecule has 1 N–H and O–H groups in total. The predicted octanol–water partition coefficient (Wildman–Crippen LogP) is 2.87. The summed E-state index contributed by atoms with van der Waals surface area (Å²) in [5.74, 6) is 0.806. The molecule has 0 amide bonds. The summed E-state index contributed by atoms with van der Waals surface area (Å²) in [4.78, 5) is 0. The molecular formula is C14H18N2. The third-order valence-corrected chi connectivity index (χ3v) is 3.27. The van der Waals surface area contributed by atoms with Crippen LogP contribution >= 0.6 is 0 Å². The topological polar surface area (TPSA) is 35.8 Å². The van der Waals surface area contributed by atoms with Crippen molar-refractivity contribution < 1.29 is 0 Å². The highest BCUT2D eigenvalue weighted by atomic mass is 14.9. The molecule has 1 aliphatic rings. The minimum absolute atomic E-state index is 0.151. The van der Waals surface area contributed by atoms with E-state index >= 15 is 0 Å². The maximum atomic E-state index is 9.25. The summed E-state index contributed by atoms with van der Waals surface area (Å²) in [6, 6.07) is 8.42. The van der Waals surface area contributed by atoms with Gasteiger partial charge in [0.1, 0.15) is 6.04 Å². The monoisotopic (exact) mass is 214 g/mol. The van der Waals surface area contributed by atoms with Crippen molar-refractivity contribution in [3.8, 4) is 6.07 Å². The van der Waals surface area contributed by atoms with Crippen LogP contribution in [-0.2, 0) is 0 Å². The first-order chi connectivity index (χ1) is 7.72. The van der Waals surface area contributed by atoms with Gasteiger partial charge >= 0.3 is 0 Å². The van der Waals surface area contributed by atoms with E-state index in [4.69, 9.17) is 0 Å². The fourth-order valence-electron chi connectivity index (χ4n) is 2.10. The van der Waals surface area contributed by atoms with E-state index in [2.05, 4.69) is 37.4 Å². The molecule has 0 radical (unpaired) electrons. The second-order valence-corrected chi connectivity index (χ2v) is 4.72. The largest absolute Gasteiger partial charge is 0.298 e. The van der Waals surface area contributed by atoms with Crippen LogP contribution in [0.1, 0.15) is 35.6 Å². The molecule has 1 saturated carbocycles. The first kappa shape index (κ1) is 11.2. The van der Waals surface area contributed by atoms with Crippen LogP contribution in [0.5, 0.6) is 0 Å². The highest BCUT2D eigenvalue weighted by molar-refractivity contribution is 5.38. The van der Waals surface area contributed by atoms with Crippen LogP contribution in [0.15, 0.2) is 18.2 Å². The van der Waals surface area contributed by atoms with E-state index < -0.39 is 0 Å². The molecule has 0 spiro atoms. The van der Waals surface area contributed by atoms with Gasteiger partial charge in [0.05, 0.1) is 6.07 Å². The first-order valence-corrected chi connectivity index (χ1v) is 5.91. The Hall–Kier alpha value is -1.33. The van der Waals surface area contributed by atoms with Crippen molar-refractivity contribution in [2.24, 2.45) is 5.92 Å². The highest BCUT2D eigenvalue weighted by Crippen LogP contribution is 2.29. The molecule has 1 atom stereocenters. The van der Waals surface area contributed by atoms with Gasteiger partial charge in [-0.25, -0.2) is 0 Å². The van der Waals surface area contributed by atoms with Crippen LogP contribution in [0.3, 0.4) is 0 Å². The number of nitriles is 1. The number of hydrogen-bond acceptors (Lipinski definition) is 2. The van der Waals surface area contributed by atoms with E-state index in [9.17, 15) is 5.26 Å². The quantitative estimate of drug-likeness (QED) is 0.836. The fourth-order valence-corrected chi connectivity index (χ4v) is 2.10. The van der Waals surface area contributed by atoms with Crippen LogP contribution in [0.2, 0.25) is 0 Å². The molecule has 0 heterocycles. The normalized spacial score (nSPS) is 16.8. The molecule has 16 heavy (non-hydrogen) atoms. The molecule has 1 aromatic rings. The van der Waals surface area contributed by atoms with Crippen molar-refractivity contribution in [2.45, 2.75) is 32.7 Å². The Labute approximate surface area is 97.3 Å². The zero-order valence-corrected chi connectivity index (χ0v) is 9.96. The van der Waals surface area contributed by atoms with E-state index in [-0.39, 0.29) is 6.04 Å². The van der Waals surface area contributed by atoms with Crippen molar-refractivity contribution in [3.05, 3.63) is 34.9 Å². The molecular weight excluding hydrogens is 196 g/mol. The summed E-state index contributed by atoms with van der Waals surface area (Å²) in [6.45, 7) is 5.13. The zero-order chi connectivity index (χ0) is 11.5. The summed E-state index contributed by atoms with van der Waals surface area (Å²) >= 11 is 0. The lowest BCUT2D eigenvalue weighted by Crippen LogP contribution is -2.23. The molecule has 0 saturated heterocycles. The molecule has 84 valence electrons. The number of rotatable bonds is 4. The number of benzene rings is 1. The third kappa shape index (κ3) is 2.43. The average Bonchev–Trinajstić information content (AvgIpc) is 3.06. The number of hydrogen-bond donors (Lipinski definition) is 1. The number of aryl methyl sites for hydroxylation is 2. The molecule has 0 bridgehead atoms. The van der Waals surface area contributed by atoms with E-state index in [1.807, 2.05) is 6.07 Å². The van der Waals surface area contributed by atoms with E-state index in [1.54, 1.807) is 0 Å².